The number of hydrogen-bond donors (Lipinski definition) is 2. The summed E-state index contributed by atoms with van der Waals surface area (Å²) in [6.07, 6.45) is 8.84. The second kappa shape index (κ2) is 16.6. The predicted molar refractivity (Wildman–Crippen MR) is 153 cm³/mol. The molecule has 0 spiro atoms. The van der Waals surface area contributed by atoms with Crippen molar-refractivity contribution in [3.63, 3.8) is 0 Å². The molecule has 0 bridgehead atoms. The first kappa shape index (κ1) is 31.9. The molecule has 1 atom stereocenters. The number of carbonyl (C=O) groups is 2. The Kier molecular flexibility index (Phi) is 14.0. The van der Waals surface area contributed by atoms with Gasteiger partial charge in [-0.1, -0.05) is 53.0 Å². The summed E-state index contributed by atoms with van der Waals surface area (Å²) in [6, 6.07) is 6.18. The zero-order valence-electron chi connectivity index (χ0n) is 24.7. The largest absolute Gasteiger partial charge is 0.493 e. The lowest BCUT2D eigenvalue weighted by Gasteiger charge is -2.40. The number of unbranched alkanes of at least 4 members (excludes halogenated alkanes) is 3. The molecule has 2 rings (SSSR count). The van der Waals surface area contributed by atoms with Gasteiger partial charge in [-0.3, -0.25) is 9.59 Å². The molecule has 1 fully saturated rings. The normalized spacial score (nSPS) is 16.0. The molecule has 0 saturated carbocycles. The summed E-state index contributed by atoms with van der Waals surface area (Å²) < 4.78 is 16.5. The molecule has 0 aliphatic carbocycles. The van der Waals surface area contributed by atoms with E-state index >= 15 is 0 Å². The van der Waals surface area contributed by atoms with Gasteiger partial charge in [-0.2, -0.15) is 0 Å². The molecule has 216 valence electrons. The minimum atomic E-state index is -0.420. The van der Waals surface area contributed by atoms with Crippen LogP contribution in [0.15, 0.2) is 18.2 Å². The molecule has 1 aromatic rings. The van der Waals surface area contributed by atoms with Crippen LogP contribution in [-0.2, 0) is 20.7 Å². The van der Waals surface area contributed by atoms with Gasteiger partial charge in [-0.25, -0.2) is 0 Å². The van der Waals surface area contributed by atoms with Crippen molar-refractivity contribution in [1.82, 2.24) is 10.6 Å². The lowest BCUT2D eigenvalue weighted by molar-refractivity contribution is -0.138. The van der Waals surface area contributed by atoms with Crippen LogP contribution in [-0.4, -0.2) is 52.3 Å². The smallest absolute Gasteiger partial charge is 0.226 e. The summed E-state index contributed by atoms with van der Waals surface area (Å²) in [7, 11) is 3.36. The molecule has 0 aromatic heterocycles. The SMILES string of the molecule is COCCCOc1cc(CCCCCCC(C(=O)NC[C@H]2CCCNC2=O)(C(C)C)C(C)C)ccc1OC. The summed E-state index contributed by atoms with van der Waals surface area (Å²) in [5.41, 5.74) is 0.827. The Hall–Kier alpha value is -2.28. The lowest BCUT2D eigenvalue weighted by atomic mass is 9.65. The highest BCUT2D eigenvalue weighted by Crippen LogP contribution is 2.41. The minimum absolute atomic E-state index is 0.0675. The van der Waals surface area contributed by atoms with Crippen molar-refractivity contribution >= 4 is 11.8 Å². The second-order valence-corrected chi connectivity index (χ2v) is 11.3. The fraction of sp³-hybridized carbons (Fsp3) is 0.742. The lowest BCUT2D eigenvalue weighted by Crippen LogP contribution is -2.51. The molecule has 1 aliphatic rings. The van der Waals surface area contributed by atoms with Gasteiger partial charge in [0.05, 0.1) is 25.0 Å². The van der Waals surface area contributed by atoms with Crippen LogP contribution in [0.25, 0.3) is 0 Å². The zero-order chi connectivity index (χ0) is 28.0. The summed E-state index contributed by atoms with van der Waals surface area (Å²) in [5, 5.41) is 6.09. The van der Waals surface area contributed by atoms with Gasteiger partial charge in [-0.15, -0.1) is 0 Å². The Morgan fingerprint density at radius 2 is 1.76 bits per heavy atom. The molecular weight excluding hydrogens is 480 g/mol. The Morgan fingerprint density at radius 3 is 2.42 bits per heavy atom. The van der Waals surface area contributed by atoms with E-state index in [0.717, 1.165) is 75.8 Å². The maximum Gasteiger partial charge on any atom is 0.226 e. The highest BCUT2D eigenvalue weighted by Gasteiger charge is 2.43. The molecule has 0 unspecified atom stereocenters. The quantitative estimate of drug-likeness (QED) is 0.242. The van der Waals surface area contributed by atoms with Crippen molar-refractivity contribution in [3.8, 4) is 11.5 Å². The van der Waals surface area contributed by atoms with Crippen molar-refractivity contribution in [2.75, 3.05) is 40.5 Å². The van der Waals surface area contributed by atoms with Gasteiger partial charge >= 0.3 is 0 Å². The highest BCUT2D eigenvalue weighted by atomic mass is 16.5. The van der Waals surface area contributed by atoms with E-state index in [1.165, 1.54) is 5.56 Å². The van der Waals surface area contributed by atoms with Crippen LogP contribution < -0.4 is 20.1 Å². The van der Waals surface area contributed by atoms with Crippen molar-refractivity contribution in [2.24, 2.45) is 23.2 Å². The van der Waals surface area contributed by atoms with Gasteiger partial charge in [-0.05, 0) is 61.6 Å². The average molecular weight is 533 g/mol. The summed E-state index contributed by atoms with van der Waals surface area (Å²) >= 11 is 0. The van der Waals surface area contributed by atoms with E-state index in [2.05, 4.69) is 50.5 Å². The summed E-state index contributed by atoms with van der Waals surface area (Å²) in [4.78, 5) is 25.7. The number of ether oxygens (including phenoxy) is 3. The topological polar surface area (TPSA) is 85.9 Å². The molecule has 2 amide bonds. The van der Waals surface area contributed by atoms with Crippen LogP contribution in [0.5, 0.6) is 11.5 Å². The summed E-state index contributed by atoms with van der Waals surface area (Å²) in [5.74, 6) is 2.06. The van der Waals surface area contributed by atoms with Crippen LogP contribution in [0.4, 0.5) is 0 Å². The highest BCUT2D eigenvalue weighted by molar-refractivity contribution is 5.84. The Balaban J connectivity index is 1.84. The van der Waals surface area contributed by atoms with E-state index in [0.29, 0.717) is 19.8 Å². The van der Waals surface area contributed by atoms with E-state index in [-0.39, 0.29) is 29.6 Å². The number of methoxy groups -OCH3 is 2. The molecular formula is C31H52N2O5. The fourth-order valence-electron chi connectivity index (χ4n) is 5.77. The van der Waals surface area contributed by atoms with Gasteiger partial charge in [0.25, 0.3) is 0 Å². The molecule has 1 heterocycles. The van der Waals surface area contributed by atoms with Crippen molar-refractivity contribution < 1.29 is 23.8 Å². The van der Waals surface area contributed by atoms with E-state index in [4.69, 9.17) is 14.2 Å². The number of nitrogens with one attached hydrogen (secondary N) is 2. The van der Waals surface area contributed by atoms with Gasteiger partial charge in [0.1, 0.15) is 0 Å². The van der Waals surface area contributed by atoms with Gasteiger partial charge in [0, 0.05) is 33.2 Å². The van der Waals surface area contributed by atoms with Crippen molar-refractivity contribution in [3.05, 3.63) is 23.8 Å². The minimum Gasteiger partial charge on any atom is -0.493 e. The number of benzene rings is 1. The van der Waals surface area contributed by atoms with Gasteiger partial charge in [0.15, 0.2) is 11.5 Å². The zero-order valence-corrected chi connectivity index (χ0v) is 24.7. The van der Waals surface area contributed by atoms with Gasteiger partial charge in [0.2, 0.25) is 11.8 Å². The Morgan fingerprint density at radius 1 is 1.03 bits per heavy atom. The average Bonchev–Trinajstić information content (AvgIpc) is 2.89. The molecule has 1 aromatic carbocycles. The number of rotatable bonds is 18. The second-order valence-electron chi connectivity index (χ2n) is 11.3. The van der Waals surface area contributed by atoms with Crippen LogP contribution in [0.1, 0.15) is 84.6 Å². The van der Waals surface area contributed by atoms with Crippen LogP contribution in [0, 0.1) is 23.2 Å². The Bertz CT molecular complexity index is 847. The van der Waals surface area contributed by atoms with Crippen LogP contribution in [0.2, 0.25) is 0 Å². The standard InChI is InChI=1S/C31H52N2O5/c1-23(2)31(24(3)4,30(35)33-22-26-14-11-18-32-29(26)34)17-10-8-7-9-13-25-15-16-27(37-6)28(21-25)38-20-12-19-36-5/h15-16,21,23-24,26H,7-14,17-20,22H2,1-6H3,(H,32,34)(H,33,35)/t26-/m1/s1. The van der Waals surface area contributed by atoms with Crippen LogP contribution >= 0.6 is 0 Å². The third kappa shape index (κ3) is 9.18. The molecule has 7 nitrogen and oxygen atoms in total. The fourth-order valence-corrected chi connectivity index (χ4v) is 5.77. The molecule has 1 aliphatic heterocycles. The van der Waals surface area contributed by atoms with Crippen LogP contribution in [0.3, 0.4) is 0 Å². The van der Waals surface area contributed by atoms with E-state index < -0.39 is 5.41 Å². The molecule has 7 heteroatoms. The number of amides is 2. The monoisotopic (exact) mass is 532 g/mol. The maximum absolute atomic E-state index is 13.5. The first-order chi connectivity index (χ1) is 18.3. The number of hydrogen-bond acceptors (Lipinski definition) is 5. The number of piperidine rings is 1. The summed E-state index contributed by atoms with van der Waals surface area (Å²) in [6.45, 7) is 11.1. The Labute approximate surface area is 230 Å². The third-order valence-corrected chi connectivity index (χ3v) is 8.18. The van der Waals surface area contributed by atoms with E-state index in [1.54, 1.807) is 14.2 Å². The van der Waals surface area contributed by atoms with E-state index in [1.807, 2.05) is 6.07 Å². The molecule has 0 radical (unpaired) electrons. The maximum atomic E-state index is 13.5. The number of aryl methyl sites for hydroxylation is 1. The first-order valence-corrected chi connectivity index (χ1v) is 14.6. The van der Waals surface area contributed by atoms with Crippen molar-refractivity contribution in [1.29, 1.82) is 0 Å². The van der Waals surface area contributed by atoms with Crippen molar-refractivity contribution in [2.45, 2.75) is 85.5 Å². The molecule has 2 N–H and O–H groups in total. The number of carbonyl (C=O) groups excluding carboxylic acids is 2. The predicted octanol–water partition coefficient (Wildman–Crippen LogP) is 5.54. The third-order valence-electron chi connectivity index (χ3n) is 8.18. The van der Waals surface area contributed by atoms with E-state index in [9.17, 15) is 9.59 Å². The first-order valence-electron chi connectivity index (χ1n) is 14.6. The molecule has 38 heavy (non-hydrogen) atoms. The molecule has 1 saturated heterocycles. The van der Waals surface area contributed by atoms with Gasteiger partial charge < -0.3 is 24.8 Å².